The second kappa shape index (κ2) is 10.0. The van der Waals surface area contributed by atoms with Crippen LogP contribution >= 0.6 is 23.2 Å². The van der Waals surface area contributed by atoms with Crippen LogP contribution in [0.3, 0.4) is 0 Å². The number of nitrogens with zero attached hydrogens (tertiary/aromatic N) is 1. The van der Waals surface area contributed by atoms with E-state index in [1.807, 2.05) is 30.5 Å². The van der Waals surface area contributed by atoms with Crippen molar-refractivity contribution in [3.63, 3.8) is 0 Å². The third-order valence-corrected chi connectivity index (χ3v) is 6.22. The summed E-state index contributed by atoms with van der Waals surface area (Å²) in [5.41, 5.74) is 2.52. The highest BCUT2D eigenvalue weighted by molar-refractivity contribution is 6.42. The zero-order valence-electron chi connectivity index (χ0n) is 17.8. The number of aromatic nitrogens is 1. The van der Waals surface area contributed by atoms with Crippen molar-refractivity contribution < 1.29 is 19.0 Å². The molecule has 0 aliphatic carbocycles. The molecule has 1 N–H and O–H groups in total. The summed E-state index contributed by atoms with van der Waals surface area (Å²) in [6, 6.07) is 12.4. The third-order valence-electron chi connectivity index (χ3n) is 5.49. The molecule has 2 heterocycles. The van der Waals surface area contributed by atoms with Gasteiger partial charge in [0.25, 0.3) is 5.91 Å². The summed E-state index contributed by atoms with van der Waals surface area (Å²) in [5, 5.41) is 4.72. The lowest BCUT2D eigenvalue weighted by molar-refractivity contribution is -0.210. The summed E-state index contributed by atoms with van der Waals surface area (Å²) in [5.74, 6) is 0.660. The van der Waals surface area contributed by atoms with Crippen molar-refractivity contribution in [2.75, 3.05) is 20.3 Å². The molecular weight excluding hydrogens is 451 g/mol. The molecule has 0 saturated carbocycles. The van der Waals surface area contributed by atoms with Gasteiger partial charge in [0.1, 0.15) is 5.75 Å². The number of halogens is 2. The fourth-order valence-corrected chi connectivity index (χ4v) is 4.06. The SMILES string of the molecule is COc1ccc2nccc(C[C@@H](C)C3OCC(NC(=O)c4ccc(Cl)c(Cl)c4)CO3)c2c1. The highest BCUT2D eigenvalue weighted by atomic mass is 35.5. The molecule has 1 aliphatic rings. The van der Waals surface area contributed by atoms with Gasteiger partial charge in [0.05, 0.1) is 41.9 Å². The molecule has 0 radical (unpaired) electrons. The first-order chi connectivity index (χ1) is 15.4. The van der Waals surface area contributed by atoms with Gasteiger partial charge in [-0.2, -0.15) is 0 Å². The van der Waals surface area contributed by atoms with Crippen molar-refractivity contribution >= 4 is 40.0 Å². The molecule has 0 spiro atoms. The molecule has 4 rings (SSSR count). The van der Waals surface area contributed by atoms with Gasteiger partial charge < -0.3 is 19.5 Å². The van der Waals surface area contributed by atoms with Crippen molar-refractivity contribution in [2.45, 2.75) is 25.7 Å². The monoisotopic (exact) mass is 474 g/mol. The molecule has 1 amide bonds. The number of benzene rings is 2. The second-order valence-electron chi connectivity index (χ2n) is 7.87. The van der Waals surface area contributed by atoms with Gasteiger partial charge in [0, 0.05) is 23.1 Å². The van der Waals surface area contributed by atoms with Crippen LogP contribution in [0, 0.1) is 5.92 Å². The van der Waals surface area contributed by atoms with Crippen LogP contribution in [0.5, 0.6) is 5.75 Å². The first-order valence-electron chi connectivity index (χ1n) is 10.4. The van der Waals surface area contributed by atoms with Crippen LogP contribution in [-0.2, 0) is 15.9 Å². The first kappa shape index (κ1) is 22.8. The van der Waals surface area contributed by atoms with Crippen molar-refractivity contribution in [3.8, 4) is 5.75 Å². The largest absolute Gasteiger partial charge is 0.497 e. The Morgan fingerprint density at radius 2 is 1.94 bits per heavy atom. The van der Waals surface area contributed by atoms with Crippen molar-refractivity contribution in [2.24, 2.45) is 5.92 Å². The van der Waals surface area contributed by atoms with E-state index in [0.717, 1.165) is 28.6 Å². The predicted octanol–water partition coefficient (Wildman–Crippen LogP) is 4.90. The molecule has 1 fully saturated rings. The molecule has 1 saturated heterocycles. The van der Waals surface area contributed by atoms with Crippen LogP contribution in [0.4, 0.5) is 0 Å². The topological polar surface area (TPSA) is 69.7 Å². The van der Waals surface area contributed by atoms with Crippen molar-refractivity contribution in [1.29, 1.82) is 0 Å². The zero-order chi connectivity index (χ0) is 22.7. The minimum Gasteiger partial charge on any atom is -0.497 e. The van der Waals surface area contributed by atoms with E-state index in [2.05, 4.69) is 17.2 Å². The molecule has 0 bridgehead atoms. The molecule has 1 aliphatic heterocycles. The number of carbonyl (C=O) groups excluding carboxylic acids is 1. The fraction of sp³-hybridized carbons (Fsp3) is 0.333. The Morgan fingerprint density at radius 3 is 2.66 bits per heavy atom. The van der Waals surface area contributed by atoms with Gasteiger partial charge >= 0.3 is 0 Å². The lowest BCUT2D eigenvalue weighted by Gasteiger charge is -2.33. The summed E-state index contributed by atoms with van der Waals surface area (Å²) in [7, 11) is 1.65. The molecule has 0 unspecified atom stereocenters. The Labute approximate surface area is 196 Å². The summed E-state index contributed by atoms with van der Waals surface area (Å²) in [6.45, 7) is 2.83. The van der Waals surface area contributed by atoms with Gasteiger partial charge in [-0.1, -0.05) is 30.1 Å². The Hall–Kier alpha value is -2.38. The Bertz CT molecular complexity index is 1120. The smallest absolute Gasteiger partial charge is 0.251 e. The number of hydrogen-bond donors (Lipinski definition) is 1. The van der Waals surface area contributed by atoms with Gasteiger partial charge in [0.2, 0.25) is 0 Å². The highest BCUT2D eigenvalue weighted by Gasteiger charge is 2.28. The number of amides is 1. The average molecular weight is 475 g/mol. The number of rotatable bonds is 6. The lowest BCUT2D eigenvalue weighted by atomic mass is 9.97. The van der Waals surface area contributed by atoms with Crippen LogP contribution in [0.25, 0.3) is 10.9 Å². The number of ether oxygens (including phenoxy) is 3. The van der Waals surface area contributed by atoms with Gasteiger partial charge in [0.15, 0.2) is 6.29 Å². The Morgan fingerprint density at radius 1 is 1.16 bits per heavy atom. The maximum Gasteiger partial charge on any atom is 0.251 e. The summed E-state index contributed by atoms with van der Waals surface area (Å²) in [4.78, 5) is 16.9. The summed E-state index contributed by atoms with van der Waals surface area (Å²) < 4.78 is 17.2. The first-order valence-corrected chi connectivity index (χ1v) is 11.1. The van der Waals surface area contributed by atoms with E-state index in [-0.39, 0.29) is 24.2 Å². The third kappa shape index (κ3) is 5.15. The number of nitrogens with one attached hydrogen (secondary N) is 1. The van der Waals surface area contributed by atoms with Gasteiger partial charge in [-0.15, -0.1) is 0 Å². The van der Waals surface area contributed by atoms with Crippen molar-refractivity contribution in [3.05, 3.63) is 69.8 Å². The normalized spacial score (nSPS) is 19.5. The number of pyridine rings is 1. The molecule has 1 atom stereocenters. The van der Waals surface area contributed by atoms with E-state index in [4.69, 9.17) is 37.4 Å². The number of methoxy groups -OCH3 is 1. The van der Waals surface area contributed by atoms with Gasteiger partial charge in [-0.05, 0) is 54.4 Å². The minimum absolute atomic E-state index is 0.110. The molecule has 3 aromatic rings. The minimum atomic E-state index is -0.359. The summed E-state index contributed by atoms with van der Waals surface area (Å²) in [6.07, 6.45) is 2.22. The Kier molecular flexibility index (Phi) is 7.16. The molecule has 168 valence electrons. The van der Waals surface area contributed by atoms with Crippen LogP contribution in [0.2, 0.25) is 10.0 Å². The molecule has 32 heavy (non-hydrogen) atoms. The fourth-order valence-electron chi connectivity index (χ4n) is 3.77. The van der Waals surface area contributed by atoms with Crippen molar-refractivity contribution in [1.82, 2.24) is 10.3 Å². The molecular formula is C24H24Cl2N2O4. The van der Waals surface area contributed by atoms with Crippen LogP contribution in [0.15, 0.2) is 48.7 Å². The van der Waals surface area contributed by atoms with Gasteiger partial charge in [-0.3, -0.25) is 9.78 Å². The van der Waals surface area contributed by atoms with E-state index in [0.29, 0.717) is 28.8 Å². The van der Waals surface area contributed by atoms with Crippen LogP contribution in [0.1, 0.15) is 22.8 Å². The lowest BCUT2D eigenvalue weighted by Crippen LogP contribution is -2.48. The Balaban J connectivity index is 1.35. The van der Waals surface area contributed by atoms with E-state index in [9.17, 15) is 4.79 Å². The second-order valence-corrected chi connectivity index (χ2v) is 8.68. The van der Waals surface area contributed by atoms with E-state index >= 15 is 0 Å². The molecule has 2 aromatic carbocycles. The molecule has 8 heteroatoms. The number of hydrogen-bond acceptors (Lipinski definition) is 5. The maximum atomic E-state index is 12.5. The van der Waals surface area contributed by atoms with Crippen LogP contribution < -0.4 is 10.1 Å². The average Bonchev–Trinajstić information content (AvgIpc) is 2.81. The van der Waals surface area contributed by atoms with Gasteiger partial charge in [-0.25, -0.2) is 0 Å². The predicted molar refractivity (Wildman–Crippen MR) is 125 cm³/mol. The quantitative estimate of drug-likeness (QED) is 0.549. The highest BCUT2D eigenvalue weighted by Crippen LogP contribution is 2.27. The number of fused-ring (bicyclic) bond motifs is 1. The van der Waals surface area contributed by atoms with E-state index in [1.54, 1.807) is 25.3 Å². The molecule has 6 nitrogen and oxygen atoms in total. The zero-order valence-corrected chi connectivity index (χ0v) is 19.3. The van der Waals surface area contributed by atoms with E-state index < -0.39 is 0 Å². The number of carbonyl (C=O) groups is 1. The summed E-state index contributed by atoms with van der Waals surface area (Å²) >= 11 is 11.9. The maximum absolute atomic E-state index is 12.5. The van der Waals surface area contributed by atoms with E-state index in [1.165, 1.54) is 0 Å². The molecule has 1 aromatic heterocycles. The standard InChI is InChI=1S/C24H24Cl2N2O4/c1-14(9-15-7-8-27-22-6-4-18(30-2)11-19(15)22)24-31-12-17(13-32-24)28-23(29)16-3-5-20(25)21(26)10-16/h3-8,10-11,14,17,24H,9,12-13H2,1-2H3,(H,28,29)/t14-,17?,24?/m1/s1. The van der Waals surface area contributed by atoms with Crippen LogP contribution in [-0.4, -0.2) is 43.5 Å².